The Morgan fingerprint density at radius 1 is 0.864 bits per heavy atom. The van der Waals surface area contributed by atoms with Gasteiger partial charge in [-0.25, -0.2) is 0 Å². The minimum atomic E-state index is -4.30. The topological polar surface area (TPSA) is 39.8 Å². The van der Waals surface area contributed by atoms with E-state index in [4.69, 9.17) is 0 Å². The van der Waals surface area contributed by atoms with E-state index in [1.165, 1.54) is 12.1 Å². The summed E-state index contributed by atoms with van der Waals surface area (Å²) < 4.78 is 37.4. The standard InChI is InChI=1S/C16H14F3N3/c17-16(18,19)12-2-5-13(6-3-12)21-10-22-14-4-1-11-7-8-20-15(11)9-14/h1-9,20-22H,10H2. The van der Waals surface area contributed by atoms with Crippen molar-refractivity contribution in [1.82, 2.24) is 4.98 Å². The number of H-pyrrole nitrogens is 1. The lowest BCUT2D eigenvalue weighted by molar-refractivity contribution is -0.137. The highest BCUT2D eigenvalue weighted by Gasteiger charge is 2.29. The first kappa shape index (κ1) is 14.3. The number of hydrogen-bond acceptors (Lipinski definition) is 2. The first-order chi connectivity index (χ1) is 10.5. The van der Waals surface area contributed by atoms with Gasteiger partial charge in [-0.2, -0.15) is 13.2 Å². The van der Waals surface area contributed by atoms with Crippen LogP contribution < -0.4 is 10.6 Å². The maximum Gasteiger partial charge on any atom is 0.416 e. The average molecular weight is 305 g/mol. The SMILES string of the molecule is FC(F)(F)c1ccc(NCNc2ccc3cc[nH]c3c2)cc1. The summed E-state index contributed by atoms with van der Waals surface area (Å²) in [5.74, 6) is 0. The van der Waals surface area contributed by atoms with Gasteiger partial charge in [-0.05, 0) is 47.9 Å². The molecule has 3 aromatic rings. The predicted molar refractivity (Wildman–Crippen MR) is 81.9 cm³/mol. The Morgan fingerprint density at radius 2 is 1.55 bits per heavy atom. The minimum Gasteiger partial charge on any atom is -0.368 e. The summed E-state index contributed by atoms with van der Waals surface area (Å²) in [5, 5.41) is 7.32. The van der Waals surface area contributed by atoms with Crippen molar-refractivity contribution >= 4 is 22.3 Å². The second-order valence-electron chi connectivity index (χ2n) is 4.89. The van der Waals surface area contributed by atoms with Crippen molar-refractivity contribution < 1.29 is 13.2 Å². The Kier molecular flexibility index (Phi) is 3.66. The van der Waals surface area contributed by atoms with E-state index in [0.29, 0.717) is 12.4 Å². The summed E-state index contributed by atoms with van der Waals surface area (Å²) in [7, 11) is 0. The summed E-state index contributed by atoms with van der Waals surface area (Å²) in [4.78, 5) is 3.12. The van der Waals surface area contributed by atoms with Crippen molar-refractivity contribution in [2.75, 3.05) is 17.3 Å². The van der Waals surface area contributed by atoms with Gasteiger partial charge in [-0.3, -0.25) is 0 Å². The molecule has 0 bridgehead atoms. The second-order valence-corrected chi connectivity index (χ2v) is 4.89. The third kappa shape index (κ3) is 3.16. The molecule has 3 rings (SSSR count). The summed E-state index contributed by atoms with van der Waals surface area (Å²) in [6.07, 6.45) is -2.43. The molecule has 0 aliphatic heterocycles. The number of rotatable bonds is 4. The summed E-state index contributed by atoms with van der Waals surface area (Å²) in [5.41, 5.74) is 1.93. The van der Waals surface area contributed by atoms with Crippen LogP contribution in [0.5, 0.6) is 0 Å². The molecule has 6 heteroatoms. The molecule has 114 valence electrons. The zero-order valence-electron chi connectivity index (χ0n) is 11.5. The Bertz CT molecular complexity index is 760. The Labute approximate surface area is 125 Å². The van der Waals surface area contributed by atoms with Crippen LogP contribution in [-0.4, -0.2) is 11.7 Å². The third-order valence-electron chi connectivity index (χ3n) is 3.35. The molecule has 0 atom stereocenters. The van der Waals surface area contributed by atoms with Crippen molar-refractivity contribution in [2.24, 2.45) is 0 Å². The van der Waals surface area contributed by atoms with E-state index >= 15 is 0 Å². The lowest BCUT2D eigenvalue weighted by Gasteiger charge is -2.11. The Morgan fingerprint density at radius 3 is 2.27 bits per heavy atom. The van der Waals surface area contributed by atoms with E-state index in [9.17, 15) is 13.2 Å². The predicted octanol–water partition coefficient (Wildman–Crippen LogP) is 4.67. The number of alkyl halides is 3. The summed E-state index contributed by atoms with van der Waals surface area (Å²) >= 11 is 0. The molecule has 0 amide bonds. The number of benzene rings is 2. The monoisotopic (exact) mass is 305 g/mol. The van der Waals surface area contributed by atoms with Crippen molar-refractivity contribution in [2.45, 2.75) is 6.18 Å². The molecule has 0 aliphatic carbocycles. The van der Waals surface area contributed by atoms with Gasteiger partial charge in [0.25, 0.3) is 0 Å². The number of halogens is 3. The molecule has 0 spiro atoms. The highest BCUT2D eigenvalue weighted by atomic mass is 19.4. The van der Waals surface area contributed by atoms with Crippen LogP contribution in [0.3, 0.4) is 0 Å². The molecular weight excluding hydrogens is 291 g/mol. The normalized spacial score (nSPS) is 11.6. The number of fused-ring (bicyclic) bond motifs is 1. The number of nitrogens with one attached hydrogen (secondary N) is 3. The first-order valence-electron chi connectivity index (χ1n) is 6.74. The van der Waals surface area contributed by atoms with Crippen molar-refractivity contribution in [3.8, 4) is 0 Å². The van der Waals surface area contributed by atoms with Crippen LogP contribution in [0.25, 0.3) is 10.9 Å². The van der Waals surface area contributed by atoms with E-state index in [1.54, 1.807) is 0 Å². The lowest BCUT2D eigenvalue weighted by Crippen LogP contribution is -2.12. The first-order valence-corrected chi connectivity index (χ1v) is 6.74. The van der Waals surface area contributed by atoms with Gasteiger partial charge in [-0.15, -0.1) is 0 Å². The van der Waals surface area contributed by atoms with E-state index in [-0.39, 0.29) is 0 Å². The van der Waals surface area contributed by atoms with Crippen LogP contribution in [0.1, 0.15) is 5.56 Å². The minimum absolute atomic E-state index is 0.414. The van der Waals surface area contributed by atoms with E-state index in [0.717, 1.165) is 28.7 Å². The van der Waals surface area contributed by atoms with Gasteiger partial charge in [0.15, 0.2) is 0 Å². The summed E-state index contributed by atoms with van der Waals surface area (Å²) in [6, 6.07) is 12.9. The maximum atomic E-state index is 12.5. The lowest BCUT2D eigenvalue weighted by atomic mass is 10.2. The second kappa shape index (κ2) is 5.63. The van der Waals surface area contributed by atoms with E-state index in [2.05, 4.69) is 15.6 Å². The Balaban J connectivity index is 1.58. The zero-order valence-corrected chi connectivity index (χ0v) is 11.5. The fourth-order valence-corrected chi connectivity index (χ4v) is 2.18. The van der Waals surface area contributed by atoms with Crippen LogP contribution in [0.2, 0.25) is 0 Å². The van der Waals surface area contributed by atoms with Crippen LogP contribution in [0.15, 0.2) is 54.7 Å². The molecule has 1 aromatic heterocycles. The fraction of sp³-hybridized carbons (Fsp3) is 0.125. The van der Waals surface area contributed by atoms with Gasteiger partial charge in [-0.1, -0.05) is 6.07 Å². The fourth-order valence-electron chi connectivity index (χ4n) is 2.18. The molecule has 0 unspecified atom stereocenters. The van der Waals surface area contributed by atoms with Crippen molar-refractivity contribution in [1.29, 1.82) is 0 Å². The van der Waals surface area contributed by atoms with Gasteiger partial charge in [0, 0.05) is 23.1 Å². The van der Waals surface area contributed by atoms with Crippen LogP contribution in [0.4, 0.5) is 24.5 Å². The van der Waals surface area contributed by atoms with Gasteiger partial charge in [0.2, 0.25) is 0 Å². The number of aromatic amines is 1. The highest BCUT2D eigenvalue weighted by molar-refractivity contribution is 5.82. The van der Waals surface area contributed by atoms with Crippen molar-refractivity contribution in [3.05, 3.63) is 60.3 Å². The van der Waals surface area contributed by atoms with Crippen LogP contribution >= 0.6 is 0 Å². The van der Waals surface area contributed by atoms with E-state index < -0.39 is 11.7 Å². The number of hydrogen-bond donors (Lipinski definition) is 3. The van der Waals surface area contributed by atoms with Gasteiger partial charge in [0.05, 0.1) is 12.2 Å². The number of aromatic nitrogens is 1. The average Bonchev–Trinajstić information content (AvgIpc) is 2.94. The molecule has 3 N–H and O–H groups in total. The molecule has 0 saturated carbocycles. The summed E-state index contributed by atoms with van der Waals surface area (Å²) in [6.45, 7) is 0.414. The van der Waals surface area contributed by atoms with E-state index in [1.807, 2.05) is 30.5 Å². The molecule has 0 saturated heterocycles. The van der Waals surface area contributed by atoms with Gasteiger partial charge >= 0.3 is 6.18 Å². The highest BCUT2D eigenvalue weighted by Crippen LogP contribution is 2.29. The molecule has 1 heterocycles. The van der Waals surface area contributed by atoms with Crippen LogP contribution in [-0.2, 0) is 6.18 Å². The molecule has 0 radical (unpaired) electrons. The Hall–Kier alpha value is -2.63. The zero-order chi connectivity index (χ0) is 15.6. The number of anilines is 2. The molecule has 2 aromatic carbocycles. The van der Waals surface area contributed by atoms with Gasteiger partial charge in [0.1, 0.15) is 0 Å². The molecular formula is C16H14F3N3. The smallest absolute Gasteiger partial charge is 0.368 e. The van der Waals surface area contributed by atoms with Crippen LogP contribution in [0, 0.1) is 0 Å². The quantitative estimate of drug-likeness (QED) is 0.613. The van der Waals surface area contributed by atoms with Gasteiger partial charge < -0.3 is 15.6 Å². The van der Waals surface area contributed by atoms with Crippen molar-refractivity contribution in [3.63, 3.8) is 0 Å². The molecule has 0 aliphatic rings. The molecule has 22 heavy (non-hydrogen) atoms. The molecule has 3 nitrogen and oxygen atoms in total. The largest absolute Gasteiger partial charge is 0.416 e. The third-order valence-corrected chi connectivity index (χ3v) is 3.35. The molecule has 0 fully saturated rings. The maximum absolute atomic E-state index is 12.5.